The Morgan fingerprint density at radius 3 is 2.56 bits per heavy atom. The lowest BCUT2D eigenvalue weighted by Gasteiger charge is -2.07. The van der Waals surface area contributed by atoms with E-state index in [4.69, 9.17) is 16.3 Å². The highest BCUT2D eigenvalue weighted by atomic mass is 35.5. The van der Waals surface area contributed by atoms with Crippen molar-refractivity contribution in [3.63, 3.8) is 0 Å². The average Bonchev–Trinajstić information content (AvgIpc) is 3.37. The zero-order valence-corrected chi connectivity index (χ0v) is 20.7. The van der Waals surface area contributed by atoms with Gasteiger partial charge in [-0.3, -0.25) is 4.79 Å². The number of amides is 1. The number of esters is 1. The number of rotatable bonds is 9. The Morgan fingerprint density at radius 2 is 1.81 bits per heavy atom. The minimum absolute atomic E-state index is 0.224. The Morgan fingerprint density at radius 1 is 1.06 bits per heavy atom. The van der Waals surface area contributed by atoms with E-state index in [1.807, 2.05) is 41.8 Å². The molecule has 2 N–H and O–H groups in total. The molecule has 4 rings (SSSR count). The fraction of sp³-hybridized carbons (Fsp3) is 0.0769. The number of ether oxygens (including phenoxy) is 2. The normalized spacial score (nSPS) is 10.7. The smallest absolute Gasteiger partial charge is 0.343 e. The number of thiazole rings is 1. The Labute approximate surface area is 216 Å². The van der Waals surface area contributed by atoms with Crippen LogP contribution in [0.1, 0.15) is 15.9 Å². The van der Waals surface area contributed by atoms with Crippen molar-refractivity contribution in [1.82, 2.24) is 10.4 Å². The number of nitrogens with zero attached hydrogens (tertiary/aromatic N) is 2. The van der Waals surface area contributed by atoms with E-state index in [0.29, 0.717) is 21.9 Å². The van der Waals surface area contributed by atoms with Crippen LogP contribution in [0, 0.1) is 0 Å². The molecule has 1 heterocycles. The number of aromatic nitrogens is 1. The van der Waals surface area contributed by atoms with Crippen molar-refractivity contribution in [2.75, 3.05) is 19.0 Å². The van der Waals surface area contributed by atoms with Gasteiger partial charge in [-0.1, -0.05) is 35.9 Å². The number of para-hydroxylation sites is 1. The summed E-state index contributed by atoms with van der Waals surface area (Å²) < 4.78 is 10.0. The first-order chi connectivity index (χ1) is 17.5. The maximum absolute atomic E-state index is 12.5. The minimum atomic E-state index is -0.495. The molecule has 10 heteroatoms. The number of methoxy groups -OCH3 is 1. The summed E-state index contributed by atoms with van der Waals surface area (Å²) in [7, 11) is 1.29. The standard InChI is InChI=1S/C26H21ClN4O4S/c1-34-24(32)15-35-23-5-3-2-4-19(23)14-28-31-25(33)18-8-6-17(7-9-18)22-16-36-26(30-22)29-21-12-10-20(27)11-13-21/h2-14,16H,15H2,1H3,(H,29,30)(H,31,33)/b28-14-. The van der Waals surface area contributed by atoms with E-state index >= 15 is 0 Å². The molecule has 36 heavy (non-hydrogen) atoms. The van der Waals surface area contributed by atoms with Crippen molar-refractivity contribution in [3.8, 4) is 17.0 Å². The zero-order valence-electron chi connectivity index (χ0n) is 19.1. The fourth-order valence-corrected chi connectivity index (χ4v) is 3.92. The number of hydrogen-bond acceptors (Lipinski definition) is 8. The van der Waals surface area contributed by atoms with Gasteiger partial charge >= 0.3 is 5.97 Å². The minimum Gasteiger partial charge on any atom is -0.481 e. The fourth-order valence-electron chi connectivity index (χ4n) is 3.05. The molecule has 0 aliphatic heterocycles. The maximum Gasteiger partial charge on any atom is 0.343 e. The van der Waals surface area contributed by atoms with E-state index in [-0.39, 0.29) is 12.5 Å². The van der Waals surface area contributed by atoms with Crippen LogP contribution in [0.15, 0.2) is 83.3 Å². The molecular formula is C26H21ClN4O4S. The van der Waals surface area contributed by atoms with Crippen molar-refractivity contribution in [3.05, 3.63) is 94.3 Å². The lowest BCUT2D eigenvalue weighted by Crippen LogP contribution is -2.17. The summed E-state index contributed by atoms with van der Waals surface area (Å²) in [6.45, 7) is -0.224. The van der Waals surface area contributed by atoms with Crippen LogP contribution in [0.2, 0.25) is 5.02 Å². The first kappa shape index (κ1) is 24.9. The molecule has 182 valence electrons. The summed E-state index contributed by atoms with van der Waals surface area (Å²) in [5, 5.41) is 10.6. The number of hydrazone groups is 1. The van der Waals surface area contributed by atoms with Gasteiger partial charge in [0.15, 0.2) is 11.7 Å². The number of benzene rings is 3. The van der Waals surface area contributed by atoms with Crippen LogP contribution in [0.3, 0.4) is 0 Å². The molecule has 0 radical (unpaired) electrons. The number of nitrogens with one attached hydrogen (secondary N) is 2. The van der Waals surface area contributed by atoms with E-state index in [1.165, 1.54) is 24.7 Å². The topological polar surface area (TPSA) is 102 Å². The first-order valence-electron chi connectivity index (χ1n) is 10.7. The molecular weight excluding hydrogens is 500 g/mol. The molecule has 0 aliphatic carbocycles. The highest BCUT2D eigenvalue weighted by Crippen LogP contribution is 2.28. The van der Waals surface area contributed by atoms with Gasteiger partial charge in [-0.05, 0) is 48.5 Å². The van der Waals surface area contributed by atoms with Crippen molar-refractivity contribution in [2.24, 2.45) is 5.10 Å². The van der Waals surface area contributed by atoms with Gasteiger partial charge in [0.25, 0.3) is 5.91 Å². The number of anilines is 2. The third-order valence-electron chi connectivity index (χ3n) is 4.90. The highest BCUT2D eigenvalue weighted by molar-refractivity contribution is 7.14. The molecule has 4 aromatic rings. The van der Waals surface area contributed by atoms with Crippen LogP contribution in [0.5, 0.6) is 5.75 Å². The Bertz CT molecular complexity index is 1370. The third-order valence-corrected chi connectivity index (χ3v) is 5.91. The Hall–Kier alpha value is -4.21. The number of halogens is 1. The van der Waals surface area contributed by atoms with Crippen molar-refractivity contribution >= 4 is 51.8 Å². The van der Waals surface area contributed by atoms with E-state index < -0.39 is 5.97 Å². The molecule has 3 aromatic carbocycles. The second-order valence-corrected chi connectivity index (χ2v) is 8.64. The molecule has 0 unspecified atom stereocenters. The number of carbonyl (C=O) groups is 2. The van der Waals surface area contributed by atoms with Crippen molar-refractivity contribution in [1.29, 1.82) is 0 Å². The lowest BCUT2D eigenvalue weighted by atomic mass is 10.1. The van der Waals surface area contributed by atoms with Gasteiger partial charge in [-0.25, -0.2) is 15.2 Å². The second-order valence-electron chi connectivity index (χ2n) is 7.35. The molecule has 0 saturated carbocycles. The van der Waals surface area contributed by atoms with Gasteiger partial charge in [-0.15, -0.1) is 11.3 Å². The molecule has 0 atom stereocenters. The average molecular weight is 521 g/mol. The van der Waals surface area contributed by atoms with E-state index in [9.17, 15) is 9.59 Å². The number of carbonyl (C=O) groups excluding carboxylic acids is 2. The molecule has 8 nitrogen and oxygen atoms in total. The van der Waals surface area contributed by atoms with Crippen LogP contribution in [0.4, 0.5) is 10.8 Å². The van der Waals surface area contributed by atoms with Gasteiger partial charge in [0, 0.05) is 32.8 Å². The van der Waals surface area contributed by atoms with Crippen LogP contribution in [-0.2, 0) is 9.53 Å². The lowest BCUT2D eigenvalue weighted by molar-refractivity contribution is -0.142. The van der Waals surface area contributed by atoms with E-state index in [2.05, 4.69) is 25.6 Å². The van der Waals surface area contributed by atoms with Crippen molar-refractivity contribution < 1.29 is 19.1 Å². The molecule has 1 amide bonds. The summed E-state index contributed by atoms with van der Waals surface area (Å²) in [4.78, 5) is 28.4. The zero-order chi connectivity index (χ0) is 25.3. The highest BCUT2D eigenvalue weighted by Gasteiger charge is 2.09. The Balaban J connectivity index is 1.35. The van der Waals surface area contributed by atoms with E-state index in [1.54, 1.807) is 36.4 Å². The predicted octanol–water partition coefficient (Wildman–Crippen LogP) is 5.52. The monoisotopic (exact) mass is 520 g/mol. The van der Waals surface area contributed by atoms with Crippen LogP contribution in [0.25, 0.3) is 11.3 Å². The third kappa shape index (κ3) is 6.68. The summed E-state index contributed by atoms with van der Waals surface area (Å²) >= 11 is 7.41. The number of hydrogen-bond donors (Lipinski definition) is 2. The summed E-state index contributed by atoms with van der Waals surface area (Å²) in [5.74, 6) is -0.419. The van der Waals surface area contributed by atoms with Crippen LogP contribution >= 0.6 is 22.9 Å². The van der Waals surface area contributed by atoms with Crippen molar-refractivity contribution in [2.45, 2.75) is 0 Å². The molecule has 0 aliphatic rings. The summed E-state index contributed by atoms with van der Waals surface area (Å²) in [5.41, 5.74) is 6.11. The van der Waals surface area contributed by atoms with Crippen LogP contribution in [-0.4, -0.2) is 36.8 Å². The largest absolute Gasteiger partial charge is 0.481 e. The molecule has 0 fully saturated rings. The van der Waals surface area contributed by atoms with Crippen LogP contribution < -0.4 is 15.5 Å². The van der Waals surface area contributed by atoms with Gasteiger partial charge in [0.2, 0.25) is 0 Å². The first-order valence-corrected chi connectivity index (χ1v) is 12.0. The summed E-state index contributed by atoms with van der Waals surface area (Å²) in [6, 6.07) is 21.5. The summed E-state index contributed by atoms with van der Waals surface area (Å²) in [6.07, 6.45) is 1.45. The Kier molecular flexibility index (Phi) is 8.28. The molecule has 0 spiro atoms. The SMILES string of the molecule is COC(=O)COc1ccccc1/C=N\NC(=O)c1ccc(-c2csc(Nc3ccc(Cl)cc3)n2)cc1. The van der Waals surface area contributed by atoms with Gasteiger partial charge in [-0.2, -0.15) is 5.10 Å². The van der Waals surface area contributed by atoms with Gasteiger partial charge in [0.05, 0.1) is 19.0 Å². The predicted molar refractivity (Wildman–Crippen MR) is 141 cm³/mol. The van der Waals surface area contributed by atoms with E-state index in [0.717, 1.165) is 22.1 Å². The molecule has 0 bridgehead atoms. The van der Waals surface area contributed by atoms with Gasteiger partial charge in [0.1, 0.15) is 5.75 Å². The second kappa shape index (κ2) is 12.0. The molecule has 0 saturated heterocycles. The molecule has 1 aromatic heterocycles. The quantitative estimate of drug-likeness (QED) is 0.171. The van der Waals surface area contributed by atoms with Gasteiger partial charge < -0.3 is 14.8 Å². The maximum atomic E-state index is 12.5.